The number of methoxy groups -OCH3 is 1. The number of aryl methyl sites for hydroxylation is 1. The van der Waals surface area contributed by atoms with E-state index in [1.165, 1.54) is 0 Å². The first-order valence-corrected chi connectivity index (χ1v) is 6.95. The number of aromatic nitrogens is 1. The molecular weight excluding hydrogens is 276 g/mol. The number of nitrogens with two attached hydrogens (primary N) is 1. The van der Waals surface area contributed by atoms with Gasteiger partial charge in [0, 0.05) is 16.6 Å². The number of fused-ring (bicyclic) bond motifs is 1. The summed E-state index contributed by atoms with van der Waals surface area (Å²) >= 11 is 0. The lowest BCUT2D eigenvalue weighted by Gasteiger charge is -2.12. The van der Waals surface area contributed by atoms with Crippen LogP contribution in [-0.2, 0) is 0 Å². The molecule has 2 N–H and O–H groups in total. The number of benzene rings is 2. The third-order valence-corrected chi connectivity index (χ3v) is 3.66. The van der Waals surface area contributed by atoms with Crippen molar-refractivity contribution in [2.24, 2.45) is 5.73 Å². The van der Waals surface area contributed by atoms with Crippen molar-refractivity contribution in [1.82, 2.24) is 4.98 Å². The highest BCUT2D eigenvalue weighted by Gasteiger charge is 2.14. The van der Waals surface area contributed by atoms with Crippen LogP contribution in [0.5, 0.6) is 5.75 Å². The number of nitrogens with zero attached hydrogens (tertiary/aromatic N) is 1. The van der Waals surface area contributed by atoms with Crippen LogP contribution in [0.3, 0.4) is 0 Å². The van der Waals surface area contributed by atoms with Crippen molar-refractivity contribution in [2.45, 2.75) is 6.92 Å². The van der Waals surface area contributed by atoms with Crippen molar-refractivity contribution in [2.75, 3.05) is 7.11 Å². The molecule has 0 unspecified atom stereocenters. The van der Waals surface area contributed by atoms with Gasteiger partial charge in [0.05, 0.1) is 7.11 Å². The van der Waals surface area contributed by atoms with Crippen LogP contribution in [-0.4, -0.2) is 18.0 Å². The molecule has 0 radical (unpaired) electrons. The summed E-state index contributed by atoms with van der Waals surface area (Å²) in [5, 5.41) is 0.929. The van der Waals surface area contributed by atoms with E-state index < -0.39 is 5.91 Å². The quantitative estimate of drug-likeness (QED) is 0.805. The average Bonchev–Trinajstić information content (AvgIpc) is 2.53. The van der Waals surface area contributed by atoms with E-state index in [9.17, 15) is 4.79 Å². The topological polar surface area (TPSA) is 65.2 Å². The smallest absolute Gasteiger partial charge is 0.249 e. The SMILES string of the molecule is COc1ccc(-c2ccccc2C(N)=O)c2ccc(C)nc12. The van der Waals surface area contributed by atoms with Gasteiger partial charge in [-0.15, -0.1) is 0 Å². The maximum Gasteiger partial charge on any atom is 0.249 e. The first-order valence-electron chi connectivity index (χ1n) is 6.95. The molecule has 22 heavy (non-hydrogen) atoms. The minimum Gasteiger partial charge on any atom is -0.494 e. The molecule has 3 aromatic rings. The van der Waals surface area contributed by atoms with Crippen molar-refractivity contribution in [3.05, 3.63) is 59.8 Å². The number of ether oxygens (including phenoxy) is 1. The predicted octanol–water partition coefficient (Wildman–Crippen LogP) is 3.32. The third-order valence-electron chi connectivity index (χ3n) is 3.66. The lowest BCUT2D eigenvalue weighted by Crippen LogP contribution is -2.12. The van der Waals surface area contributed by atoms with Crippen molar-refractivity contribution in [3.63, 3.8) is 0 Å². The Balaban J connectivity index is 2.36. The van der Waals surface area contributed by atoms with Gasteiger partial charge in [-0.05, 0) is 42.3 Å². The number of pyridine rings is 1. The molecule has 0 aliphatic heterocycles. The number of hydrogen-bond acceptors (Lipinski definition) is 3. The Labute approximate surface area is 128 Å². The Morgan fingerprint density at radius 1 is 1.05 bits per heavy atom. The van der Waals surface area contributed by atoms with Crippen molar-refractivity contribution in [3.8, 4) is 16.9 Å². The molecule has 0 spiro atoms. The second-order valence-corrected chi connectivity index (χ2v) is 5.07. The number of carbonyl (C=O) groups excluding carboxylic acids is 1. The highest BCUT2D eigenvalue weighted by atomic mass is 16.5. The van der Waals surface area contributed by atoms with Crippen LogP contribution < -0.4 is 10.5 Å². The summed E-state index contributed by atoms with van der Waals surface area (Å²) in [6.45, 7) is 1.93. The molecule has 1 aromatic heterocycles. The summed E-state index contributed by atoms with van der Waals surface area (Å²) in [6.07, 6.45) is 0. The van der Waals surface area contributed by atoms with Gasteiger partial charge in [0.25, 0.3) is 0 Å². The molecule has 1 amide bonds. The van der Waals surface area contributed by atoms with E-state index in [4.69, 9.17) is 10.5 Å². The van der Waals surface area contributed by atoms with E-state index in [-0.39, 0.29) is 0 Å². The molecule has 0 saturated carbocycles. The van der Waals surface area contributed by atoms with Gasteiger partial charge in [-0.3, -0.25) is 4.79 Å². The summed E-state index contributed by atoms with van der Waals surface area (Å²) < 4.78 is 5.40. The number of rotatable bonds is 3. The Morgan fingerprint density at radius 3 is 2.55 bits per heavy atom. The minimum atomic E-state index is -0.445. The normalized spacial score (nSPS) is 10.6. The monoisotopic (exact) mass is 292 g/mol. The van der Waals surface area contributed by atoms with Gasteiger partial charge in [-0.1, -0.05) is 24.3 Å². The molecule has 2 aromatic carbocycles. The molecular formula is C18H16N2O2. The highest BCUT2D eigenvalue weighted by Crippen LogP contribution is 2.34. The molecule has 110 valence electrons. The van der Waals surface area contributed by atoms with E-state index in [1.54, 1.807) is 19.2 Å². The Kier molecular flexibility index (Phi) is 3.51. The number of amides is 1. The summed E-state index contributed by atoms with van der Waals surface area (Å²) in [4.78, 5) is 16.3. The van der Waals surface area contributed by atoms with Crippen LogP contribution in [0.1, 0.15) is 16.1 Å². The zero-order valence-corrected chi connectivity index (χ0v) is 12.5. The second-order valence-electron chi connectivity index (χ2n) is 5.07. The summed E-state index contributed by atoms with van der Waals surface area (Å²) in [5.74, 6) is 0.263. The van der Waals surface area contributed by atoms with Crippen LogP contribution in [0.4, 0.5) is 0 Å². The molecule has 0 aliphatic rings. The molecule has 3 rings (SSSR count). The van der Waals surface area contributed by atoms with Crippen molar-refractivity contribution in [1.29, 1.82) is 0 Å². The fourth-order valence-corrected chi connectivity index (χ4v) is 2.62. The van der Waals surface area contributed by atoms with Gasteiger partial charge in [0.15, 0.2) is 0 Å². The summed E-state index contributed by atoms with van der Waals surface area (Å²) in [7, 11) is 1.62. The lowest BCUT2D eigenvalue weighted by atomic mass is 9.95. The average molecular weight is 292 g/mol. The van der Waals surface area contributed by atoms with Gasteiger partial charge < -0.3 is 10.5 Å². The molecule has 0 saturated heterocycles. The maximum atomic E-state index is 11.7. The second kappa shape index (κ2) is 5.48. The van der Waals surface area contributed by atoms with Crippen LogP contribution >= 0.6 is 0 Å². The van der Waals surface area contributed by atoms with E-state index in [0.717, 1.165) is 27.7 Å². The van der Waals surface area contributed by atoms with Gasteiger partial charge in [-0.25, -0.2) is 4.98 Å². The van der Waals surface area contributed by atoms with E-state index in [1.807, 2.05) is 43.3 Å². The van der Waals surface area contributed by atoms with Crippen LogP contribution in [0.25, 0.3) is 22.0 Å². The molecule has 0 bridgehead atoms. The predicted molar refractivity (Wildman–Crippen MR) is 87.0 cm³/mol. The Bertz CT molecular complexity index is 872. The first kappa shape index (κ1) is 14.1. The van der Waals surface area contributed by atoms with Crippen LogP contribution in [0.2, 0.25) is 0 Å². The standard InChI is InChI=1S/C18H16N2O2/c1-11-7-8-14-13(9-10-16(22-2)17(14)20-11)12-5-3-4-6-15(12)18(19)21/h3-10H,1-2H3,(H2,19,21). The van der Waals surface area contributed by atoms with E-state index >= 15 is 0 Å². The highest BCUT2D eigenvalue weighted by molar-refractivity contribution is 6.05. The van der Waals surface area contributed by atoms with Crippen LogP contribution in [0.15, 0.2) is 48.5 Å². The maximum absolute atomic E-state index is 11.7. The van der Waals surface area contributed by atoms with Crippen LogP contribution in [0, 0.1) is 6.92 Å². The Hall–Kier alpha value is -2.88. The molecule has 4 nitrogen and oxygen atoms in total. The lowest BCUT2D eigenvalue weighted by molar-refractivity contribution is 0.100. The fraction of sp³-hybridized carbons (Fsp3) is 0.111. The van der Waals surface area contributed by atoms with E-state index in [2.05, 4.69) is 4.98 Å². The summed E-state index contributed by atoms with van der Waals surface area (Å²) in [6, 6.07) is 15.0. The number of carbonyl (C=O) groups is 1. The third kappa shape index (κ3) is 2.29. The first-order chi connectivity index (χ1) is 10.6. The fourth-order valence-electron chi connectivity index (χ4n) is 2.62. The van der Waals surface area contributed by atoms with E-state index in [0.29, 0.717) is 11.3 Å². The molecule has 1 heterocycles. The number of hydrogen-bond donors (Lipinski definition) is 1. The van der Waals surface area contributed by atoms with Crippen molar-refractivity contribution >= 4 is 16.8 Å². The van der Waals surface area contributed by atoms with Crippen molar-refractivity contribution < 1.29 is 9.53 Å². The van der Waals surface area contributed by atoms with Gasteiger partial charge in [0.2, 0.25) is 5.91 Å². The molecule has 0 atom stereocenters. The largest absolute Gasteiger partial charge is 0.494 e. The zero-order chi connectivity index (χ0) is 15.7. The molecule has 4 heteroatoms. The van der Waals surface area contributed by atoms with Gasteiger partial charge in [0.1, 0.15) is 11.3 Å². The minimum absolute atomic E-state index is 0.445. The number of primary amides is 1. The van der Waals surface area contributed by atoms with Gasteiger partial charge in [-0.2, -0.15) is 0 Å². The summed E-state index contributed by atoms with van der Waals surface area (Å²) in [5.41, 5.74) is 9.39. The van der Waals surface area contributed by atoms with Gasteiger partial charge >= 0.3 is 0 Å². The molecule has 0 fully saturated rings. The molecule has 0 aliphatic carbocycles. The Morgan fingerprint density at radius 2 is 1.82 bits per heavy atom. The zero-order valence-electron chi connectivity index (χ0n) is 12.5.